The quantitative estimate of drug-likeness (QED) is 0.516. The molecule has 0 radical (unpaired) electrons. The minimum absolute atomic E-state index is 0.0696. The van der Waals surface area contributed by atoms with Crippen molar-refractivity contribution in [3.8, 4) is 11.1 Å². The van der Waals surface area contributed by atoms with E-state index in [0.29, 0.717) is 0 Å². The summed E-state index contributed by atoms with van der Waals surface area (Å²) in [7, 11) is -3.70. The Bertz CT molecular complexity index is 836. The molecule has 0 aliphatic carbocycles. The highest BCUT2D eigenvalue weighted by atomic mass is 32.2. The maximum Gasteiger partial charge on any atom is 0.208 e. The molecule has 0 amide bonds. The van der Waals surface area contributed by atoms with Crippen LogP contribution in [0.25, 0.3) is 11.1 Å². The lowest BCUT2D eigenvalue weighted by Gasteiger charge is -2.10. The van der Waals surface area contributed by atoms with Gasteiger partial charge in [-0.05, 0) is 29.3 Å². The first kappa shape index (κ1) is 23.4. The zero-order chi connectivity index (χ0) is 20.2. The van der Waals surface area contributed by atoms with E-state index < -0.39 is 9.84 Å². The SMILES string of the molecule is C=C/C=C(\C=C)S(=O)(=O)c1ccc(-c2ccccc2)cc1N.CC.CC. The van der Waals surface area contributed by atoms with Gasteiger partial charge in [0.1, 0.15) is 0 Å². The van der Waals surface area contributed by atoms with E-state index >= 15 is 0 Å². The molecule has 140 valence electrons. The van der Waals surface area contributed by atoms with Crippen LogP contribution < -0.4 is 5.73 Å². The fourth-order valence-corrected chi connectivity index (χ4v) is 3.48. The molecule has 3 nitrogen and oxygen atoms in total. The molecule has 0 unspecified atom stereocenters. The van der Waals surface area contributed by atoms with E-state index in [1.807, 2.05) is 58.0 Å². The number of sulfone groups is 1. The lowest BCUT2D eigenvalue weighted by molar-refractivity contribution is 0.603. The van der Waals surface area contributed by atoms with Crippen molar-refractivity contribution >= 4 is 15.5 Å². The van der Waals surface area contributed by atoms with Gasteiger partial charge in [0.2, 0.25) is 9.84 Å². The first-order chi connectivity index (χ1) is 12.5. The Morgan fingerprint density at radius 3 is 1.96 bits per heavy atom. The lowest BCUT2D eigenvalue weighted by Crippen LogP contribution is -2.06. The van der Waals surface area contributed by atoms with Gasteiger partial charge >= 0.3 is 0 Å². The maximum atomic E-state index is 12.6. The molecular formula is C22H29NO2S. The van der Waals surface area contributed by atoms with Crippen molar-refractivity contribution < 1.29 is 8.42 Å². The van der Waals surface area contributed by atoms with Crippen LogP contribution in [0.4, 0.5) is 5.69 Å². The molecule has 0 atom stereocenters. The zero-order valence-corrected chi connectivity index (χ0v) is 16.9. The van der Waals surface area contributed by atoms with Crippen LogP contribution in [-0.2, 0) is 9.84 Å². The molecule has 4 heteroatoms. The smallest absolute Gasteiger partial charge is 0.208 e. The molecule has 0 aliphatic rings. The molecule has 2 rings (SSSR count). The molecule has 2 aromatic rings. The second-order valence-electron chi connectivity index (χ2n) is 4.63. The minimum atomic E-state index is -3.70. The van der Waals surface area contributed by atoms with E-state index in [0.717, 1.165) is 11.1 Å². The molecule has 2 aromatic carbocycles. The third-order valence-electron chi connectivity index (χ3n) is 3.20. The zero-order valence-electron chi connectivity index (χ0n) is 16.1. The third kappa shape index (κ3) is 5.74. The Hall–Kier alpha value is -2.59. The number of nitrogen functional groups attached to an aromatic ring is 1. The van der Waals surface area contributed by atoms with Crippen LogP contribution in [-0.4, -0.2) is 8.42 Å². The van der Waals surface area contributed by atoms with Gasteiger partial charge in [-0.1, -0.05) is 89.4 Å². The van der Waals surface area contributed by atoms with E-state index in [4.69, 9.17) is 5.73 Å². The van der Waals surface area contributed by atoms with Crippen molar-refractivity contribution in [3.63, 3.8) is 0 Å². The van der Waals surface area contributed by atoms with Gasteiger partial charge in [-0.15, -0.1) is 0 Å². The van der Waals surface area contributed by atoms with Crippen molar-refractivity contribution in [2.45, 2.75) is 32.6 Å². The van der Waals surface area contributed by atoms with E-state index in [9.17, 15) is 8.42 Å². The van der Waals surface area contributed by atoms with Gasteiger partial charge in [0.05, 0.1) is 15.5 Å². The molecular weight excluding hydrogens is 342 g/mol. The summed E-state index contributed by atoms with van der Waals surface area (Å²) < 4.78 is 25.1. The van der Waals surface area contributed by atoms with Crippen LogP contribution in [0.15, 0.2) is 89.7 Å². The largest absolute Gasteiger partial charge is 0.398 e. The second-order valence-corrected chi connectivity index (χ2v) is 6.55. The summed E-state index contributed by atoms with van der Waals surface area (Å²) >= 11 is 0. The van der Waals surface area contributed by atoms with Crippen molar-refractivity contribution in [2.24, 2.45) is 0 Å². The fraction of sp³-hybridized carbons (Fsp3) is 0.182. The fourth-order valence-electron chi connectivity index (χ4n) is 2.11. The van der Waals surface area contributed by atoms with Crippen molar-refractivity contribution in [1.82, 2.24) is 0 Å². The third-order valence-corrected chi connectivity index (χ3v) is 5.07. The number of benzene rings is 2. The lowest BCUT2D eigenvalue weighted by atomic mass is 10.1. The van der Waals surface area contributed by atoms with Gasteiger partial charge in [0.15, 0.2) is 0 Å². The summed E-state index contributed by atoms with van der Waals surface area (Å²) in [5.41, 5.74) is 8.01. The van der Waals surface area contributed by atoms with Gasteiger partial charge in [0.25, 0.3) is 0 Å². The summed E-state index contributed by atoms with van der Waals surface area (Å²) in [4.78, 5) is 0.141. The first-order valence-corrected chi connectivity index (χ1v) is 10.1. The molecule has 0 aromatic heterocycles. The first-order valence-electron chi connectivity index (χ1n) is 8.66. The number of nitrogens with two attached hydrogens (primary N) is 1. The standard InChI is InChI=1S/C18H17NO2S.2C2H6/c1-3-8-16(4-2)22(20,21)18-12-11-15(13-17(18)19)14-9-6-5-7-10-14;2*1-2/h3-13H,1-2,19H2;2*1-2H3/b16-8+;;. The average molecular weight is 372 g/mol. The molecule has 0 bridgehead atoms. The van der Waals surface area contributed by atoms with Gasteiger partial charge in [-0.25, -0.2) is 8.42 Å². The number of anilines is 1. The number of hydrogen-bond donors (Lipinski definition) is 1. The van der Waals surface area contributed by atoms with E-state index in [1.54, 1.807) is 12.1 Å². The van der Waals surface area contributed by atoms with Gasteiger partial charge in [-0.2, -0.15) is 0 Å². The second kappa shape index (κ2) is 11.9. The van der Waals surface area contributed by atoms with Gasteiger partial charge in [-0.3, -0.25) is 0 Å². The van der Waals surface area contributed by atoms with E-state index in [1.165, 1.54) is 24.3 Å². The summed E-state index contributed by atoms with van der Waals surface area (Å²) in [5, 5.41) is 0. The molecule has 0 saturated carbocycles. The average Bonchev–Trinajstić information content (AvgIpc) is 2.69. The summed E-state index contributed by atoms with van der Waals surface area (Å²) in [6, 6.07) is 14.6. The highest BCUT2D eigenvalue weighted by molar-refractivity contribution is 7.95. The predicted octanol–water partition coefficient (Wildman–Crippen LogP) is 6.02. The Balaban J connectivity index is 0.00000146. The van der Waals surface area contributed by atoms with Crippen LogP contribution in [0, 0.1) is 0 Å². The monoisotopic (exact) mass is 371 g/mol. The van der Waals surface area contributed by atoms with Crippen molar-refractivity contribution in [2.75, 3.05) is 5.73 Å². The normalized spacial score (nSPS) is 10.5. The molecule has 2 N–H and O–H groups in total. The molecule has 0 spiro atoms. The number of rotatable bonds is 5. The summed E-state index contributed by atoms with van der Waals surface area (Å²) in [6.45, 7) is 15.0. The Morgan fingerprint density at radius 1 is 0.923 bits per heavy atom. The highest BCUT2D eigenvalue weighted by Crippen LogP contribution is 2.30. The molecule has 0 heterocycles. The number of allylic oxidation sites excluding steroid dienone is 3. The molecule has 0 saturated heterocycles. The van der Waals surface area contributed by atoms with Gasteiger partial charge in [0, 0.05) is 0 Å². The molecule has 0 aliphatic heterocycles. The minimum Gasteiger partial charge on any atom is -0.398 e. The molecule has 0 fully saturated rings. The highest BCUT2D eigenvalue weighted by Gasteiger charge is 2.21. The Kier molecular flexibility index (Phi) is 10.7. The Labute approximate surface area is 158 Å². The topological polar surface area (TPSA) is 60.2 Å². The van der Waals surface area contributed by atoms with Crippen LogP contribution in [0.2, 0.25) is 0 Å². The van der Waals surface area contributed by atoms with Crippen LogP contribution in [0.3, 0.4) is 0 Å². The molecule has 26 heavy (non-hydrogen) atoms. The number of hydrogen-bond acceptors (Lipinski definition) is 3. The van der Waals surface area contributed by atoms with Gasteiger partial charge < -0.3 is 5.73 Å². The van der Waals surface area contributed by atoms with Crippen LogP contribution in [0.1, 0.15) is 27.7 Å². The van der Waals surface area contributed by atoms with Crippen LogP contribution >= 0.6 is 0 Å². The predicted molar refractivity (Wildman–Crippen MR) is 115 cm³/mol. The van der Waals surface area contributed by atoms with Crippen LogP contribution in [0.5, 0.6) is 0 Å². The summed E-state index contributed by atoms with van der Waals surface area (Å²) in [6.07, 6.45) is 4.08. The van der Waals surface area contributed by atoms with E-state index in [-0.39, 0.29) is 15.5 Å². The maximum absolute atomic E-state index is 12.6. The van der Waals surface area contributed by atoms with E-state index in [2.05, 4.69) is 13.2 Å². The van der Waals surface area contributed by atoms with Crippen molar-refractivity contribution in [3.05, 3.63) is 84.8 Å². The Morgan fingerprint density at radius 2 is 1.50 bits per heavy atom. The van der Waals surface area contributed by atoms with Crippen molar-refractivity contribution in [1.29, 1.82) is 0 Å². The summed E-state index contributed by atoms with van der Waals surface area (Å²) in [5.74, 6) is 0.